The molecule has 2 aromatic heterocycles. The van der Waals surface area contributed by atoms with E-state index in [-0.39, 0.29) is 0 Å². The molecule has 1 N–H and O–H groups in total. The van der Waals surface area contributed by atoms with Gasteiger partial charge in [-0.1, -0.05) is 11.6 Å². The molecule has 0 bridgehead atoms. The molecule has 0 radical (unpaired) electrons. The third kappa shape index (κ3) is 2.40. The van der Waals surface area contributed by atoms with E-state index in [1.165, 1.54) is 0 Å². The van der Waals surface area contributed by atoms with Gasteiger partial charge < -0.3 is 10.1 Å². The molecule has 0 unspecified atom stereocenters. The Morgan fingerprint density at radius 1 is 1.45 bits per heavy atom. The number of imidazole rings is 1. The van der Waals surface area contributed by atoms with E-state index in [1.807, 2.05) is 48.1 Å². The minimum Gasteiger partial charge on any atom is -0.437 e. The fourth-order valence-corrected chi connectivity index (χ4v) is 3.01. The van der Waals surface area contributed by atoms with Gasteiger partial charge in [0.15, 0.2) is 4.96 Å². The molecular formula is C14H14ClN3OS. The molecule has 0 aliphatic rings. The Morgan fingerprint density at radius 3 is 3.05 bits per heavy atom. The number of halogens is 1. The third-order valence-corrected chi connectivity index (χ3v) is 4.00. The number of aryl methyl sites for hydroxylation is 1. The van der Waals surface area contributed by atoms with E-state index >= 15 is 0 Å². The molecule has 0 saturated heterocycles. The van der Waals surface area contributed by atoms with Gasteiger partial charge in [0.1, 0.15) is 11.4 Å². The number of nitrogens with one attached hydrogen (secondary N) is 1. The van der Waals surface area contributed by atoms with Crippen molar-refractivity contribution in [2.75, 3.05) is 7.05 Å². The van der Waals surface area contributed by atoms with Crippen molar-refractivity contribution in [2.24, 2.45) is 0 Å². The summed E-state index contributed by atoms with van der Waals surface area (Å²) in [5, 5.41) is 5.86. The highest BCUT2D eigenvalue weighted by molar-refractivity contribution is 7.15. The van der Waals surface area contributed by atoms with Gasteiger partial charge in [0.05, 0.1) is 0 Å². The number of ether oxygens (including phenoxy) is 1. The average Bonchev–Trinajstić information content (AvgIpc) is 2.96. The summed E-state index contributed by atoms with van der Waals surface area (Å²) in [6.45, 7) is 2.66. The molecule has 0 spiro atoms. The molecule has 104 valence electrons. The predicted molar refractivity (Wildman–Crippen MR) is 82.1 cm³/mol. The average molecular weight is 308 g/mol. The minimum atomic E-state index is 0.636. The largest absolute Gasteiger partial charge is 0.437 e. The Morgan fingerprint density at radius 2 is 2.30 bits per heavy atom. The Labute approximate surface area is 126 Å². The van der Waals surface area contributed by atoms with Crippen LogP contribution < -0.4 is 10.1 Å². The highest BCUT2D eigenvalue weighted by atomic mass is 35.5. The lowest BCUT2D eigenvalue weighted by atomic mass is 10.2. The molecule has 6 heteroatoms. The van der Waals surface area contributed by atoms with Crippen LogP contribution in [-0.4, -0.2) is 16.4 Å². The highest BCUT2D eigenvalue weighted by Crippen LogP contribution is 2.30. The van der Waals surface area contributed by atoms with Crippen LogP contribution in [0.4, 0.5) is 0 Å². The summed E-state index contributed by atoms with van der Waals surface area (Å²) >= 11 is 7.55. The maximum Gasteiger partial charge on any atom is 0.243 e. The van der Waals surface area contributed by atoms with E-state index in [0.717, 1.165) is 22.0 Å². The van der Waals surface area contributed by atoms with Crippen molar-refractivity contribution in [1.29, 1.82) is 0 Å². The maximum atomic E-state index is 5.97. The van der Waals surface area contributed by atoms with Crippen molar-refractivity contribution in [3.8, 4) is 11.6 Å². The number of nitrogens with zero attached hydrogens (tertiary/aromatic N) is 2. The first-order valence-corrected chi connectivity index (χ1v) is 7.48. The smallest absolute Gasteiger partial charge is 0.243 e. The zero-order valence-corrected chi connectivity index (χ0v) is 12.8. The SMILES string of the molecule is CNCc1c(Oc2ccc(Cl)cc2C)nc2sccn12. The molecule has 0 aliphatic carbocycles. The Kier molecular flexibility index (Phi) is 3.65. The van der Waals surface area contributed by atoms with Crippen LogP contribution in [0.15, 0.2) is 29.8 Å². The zero-order valence-electron chi connectivity index (χ0n) is 11.2. The third-order valence-electron chi connectivity index (χ3n) is 3.01. The summed E-state index contributed by atoms with van der Waals surface area (Å²) in [7, 11) is 1.91. The lowest BCUT2D eigenvalue weighted by Gasteiger charge is -2.08. The highest BCUT2D eigenvalue weighted by Gasteiger charge is 2.15. The van der Waals surface area contributed by atoms with Crippen molar-refractivity contribution < 1.29 is 4.74 Å². The number of hydrogen-bond donors (Lipinski definition) is 1. The van der Waals surface area contributed by atoms with Crippen molar-refractivity contribution in [3.05, 3.63) is 46.1 Å². The molecule has 20 heavy (non-hydrogen) atoms. The van der Waals surface area contributed by atoms with E-state index in [4.69, 9.17) is 16.3 Å². The van der Waals surface area contributed by atoms with Crippen LogP contribution in [-0.2, 0) is 6.54 Å². The normalized spacial score (nSPS) is 11.2. The summed E-state index contributed by atoms with van der Waals surface area (Å²) in [5.41, 5.74) is 2.00. The number of aromatic nitrogens is 2. The lowest BCUT2D eigenvalue weighted by Crippen LogP contribution is -2.08. The van der Waals surface area contributed by atoms with Gasteiger partial charge in [-0.15, -0.1) is 11.3 Å². The van der Waals surface area contributed by atoms with Crippen molar-refractivity contribution in [2.45, 2.75) is 13.5 Å². The molecule has 3 aromatic rings. The van der Waals surface area contributed by atoms with Gasteiger partial charge in [0.2, 0.25) is 5.88 Å². The summed E-state index contributed by atoms with van der Waals surface area (Å²) < 4.78 is 8.01. The number of fused-ring (bicyclic) bond motifs is 1. The van der Waals surface area contributed by atoms with Crippen molar-refractivity contribution in [1.82, 2.24) is 14.7 Å². The van der Waals surface area contributed by atoms with E-state index < -0.39 is 0 Å². The van der Waals surface area contributed by atoms with Crippen LogP contribution in [0.5, 0.6) is 11.6 Å². The molecule has 1 aromatic carbocycles. The van der Waals surface area contributed by atoms with E-state index in [2.05, 4.69) is 10.3 Å². The van der Waals surface area contributed by atoms with Crippen LogP contribution in [0.2, 0.25) is 5.02 Å². The number of hydrogen-bond acceptors (Lipinski definition) is 4. The number of benzene rings is 1. The van der Waals surface area contributed by atoms with Crippen LogP contribution >= 0.6 is 22.9 Å². The summed E-state index contributed by atoms with van der Waals surface area (Å²) in [6, 6.07) is 5.57. The van der Waals surface area contributed by atoms with E-state index in [1.54, 1.807) is 11.3 Å². The lowest BCUT2D eigenvalue weighted by molar-refractivity contribution is 0.454. The van der Waals surface area contributed by atoms with Gasteiger partial charge in [-0.25, -0.2) is 0 Å². The molecule has 0 atom stereocenters. The van der Waals surface area contributed by atoms with Gasteiger partial charge in [-0.3, -0.25) is 4.40 Å². The quantitative estimate of drug-likeness (QED) is 0.795. The molecule has 0 fully saturated rings. The molecule has 0 aliphatic heterocycles. The second kappa shape index (κ2) is 5.44. The fourth-order valence-electron chi connectivity index (χ4n) is 2.05. The van der Waals surface area contributed by atoms with Crippen molar-refractivity contribution in [3.63, 3.8) is 0 Å². The first-order chi connectivity index (χ1) is 9.69. The van der Waals surface area contributed by atoms with E-state index in [0.29, 0.717) is 17.4 Å². The summed E-state index contributed by atoms with van der Waals surface area (Å²) in [4.78, 5) is 5.46. The molecule has 0 saturated carbocycles. The van der Waals surface area contributed by atoms with Gasteiger partial charge in [0, 0.05) is 23.1 Å². The zero-order chi connectivity index (χ0) is 14.1. The van der Waals surface area contributed by atoms with Crippen LogP contribution in [0, 0.1) is 6.92 Å². The molecule has 4 nitrogen and oxygen atoms in total. The fraction of sp³-hybridized carbons (Fsp3) is 0.214. The molecular weight excluding hydrogens is 294 g/mol. The van der Waals surface area contributed by atoms with Crippen LogP contribution in [0.3, 0.4) is 0 Å². The molecule has 2 heterocycles. The van der Waals surface area contributed by atoms with Crippen LogP contribution in [0.1, 0.15) is 11.3 Å². The Hall–Kier alpha value is -1.56. The monoisotopic (exact) mass is 307 g/mol. The topological polar surface area (TPSA) is 38.6 Å². The minimum absolute atomic E-state index is 0.636. The van der Waals surface area contributed by atoms with E-state index in [9.17, 15) is 0 Å². The van der Waals surface area contributed by atoms with Gasteiger partial charge in [-0.2, -0.15) is 4.98 Å². The van der Waals surface area contributed by atoms with Crippen LogP contribution in [0.25, 0.3) is 4.96 Å². The summed E-state index contributed by atoms with van der Waals surface area (Å²) in [5.74, 6) is 1.41. The van der Waals surface area contributed by atoms with Gasteiger partial charge in [0.25, 0.3) is 0 Å². The summed E-state index contributed by atoms with van der Waals surface area (Å²) in [6.07, 6.45) is 2.00. The predicted octanol–water partition coefficient (Wildman–Crippen LogP) is 3.87. The van der Waals surface area contributed by atoms with Gasteiger partial charge >= 0.3 is 0 Å². The molecule has 3 rings (SSSR count). The Bertz CT molecular complexity index is 750. The first kappa shape index (κ1) is 13.4. The molecule has 0 amide bonds. The van der Waals surface area contributed by atoms with Crippen molar-refractivity contribution >= 4 is 27.9 Å². The maximum absolute atomic E-state index is 5.97. The number of rotatable bonds is 4. The number of thiazole rings is 1. The Balaban J connectivity index is 2.01. The van der Waals surface area contributed by atoms with Gasteiger partial charge in [-0.05, 0) is 37.7 Å². The standard InChI is InChI=1S/C14H14ClN3OS/c1-9-7-10(15)3-4-12(9)19-13-11(8-16-2)18-5-6-20-14(18)17-13/h3-7,16H,8H2,1-2H3. The second-order valence-corrected chi connectivity index (χ2v) is 5.77. The second-order valence-electron chi connectivity index (χ2n) is 4.46. The first-order valence-electron chi connectivity index (χ1n) is 6.22.